The highest BCUT2D eigenvalue weighted by Gasteiger charge is 2.91. The molecule has 0 heterocycles. The summed E-state index contributed by atoms with van der Waals surface area (Å²) in [6.07, 6.45) is 15.5. The fourth-order valence-electron chi connectivity index (χ4n) is 29.2. The van der Waals surface area contributed by atoms with Gasteiger partial charge in [-0.1, -0.05) is 48.5 Å². The van der Waals surface area contributed by atoms with E-state index in [1.54, 1.807) is 51.4 Å². The Kier molecular flexibility index (Phi) is 4.58. The molecule has 30 atom stereocenters. The molecule has 2 aromatic rings. The quantitative estimate of drug-likeness (QED) is 0.267. The molecule has 2 nitrogen and oxygen atoms in total. The Labute approximate surface area is 344 Å². The molecule has 18 aliphatic carbocycles. The minimum atomic E-state index is 0.487. The van der Waals surface area contributed by atoms with Crippen molar-refractivity contribution >= 4 is 5.71 Å². The lowest BCUT2D eigenvalue weighted by atomic mass is 9.43. The highest BCUT2D eigenvalue weighted by Crippen LogP contribution is 2.95. The van der Waals surface area contributed by atoms with Crippen LogP contribution in [0.3, 0.4) is 0 Å². The summed E-state index contributed by atoms with van der Waals surface area (Å²) < 4.78 is 0. The normalized spacial score (nSPS) is 69.8. The van der Waals surface area contributed by atoms with Gasteiger partial charge >= 0.3 is 0 Å². The van der Waals surface area contributed by atoms with Crippen LogP contribution in [-0.4, -0.2) is 5.71 Å². The van der Waals surface area contributed by atoms with Crippen LogP contribution in [0, 0.1) is 207 Å². The lowest BCUT2D eigenvalue weighted by Gasteiger charge is -2.61. The number of nitrogens with zero attached hydrogens (tertiary/aromatic N) is 2. The predicted octanol–water partition coefficient (Wildman–Crippen LogP) is 10.1. The van der Waals surface area contributed by atoms with Crippen LogP contribution in [0.2, 0.25) is 0 Å². The minimum Gasteiger partial charge on any atom is -0.172 e. The van der Waals surface area contributed by atoms with Crippen LogP contribution >= 0.6 is 0 Å². The van der Waals surface area contributed by atoms with E-state index in [1.165, 1.54) is 93.3 Å². The van der Waals surface area contributed by atoms with Gasteiger partial charge in [0.25, 0.3) is 0 Å². The molecular weight excluding hydrogens is 701 g/mol. The molecule has 292 valence electrons. The summed E-state index contributed by atoms with van der Waals surface area (Å²) in [5.74, 6) is 37.6. The van der Waals surface area contributed by atoms with Crippen LogP contribution in [0.25, 0.3) is 0 Å². The number of rotatable bonds is 1. The van der Waals surface area contributed by atoms with Gasteiger partial charge in [-0.25, -0.2) is 0 Å². The molecule has 0 aliphatic heterocycles. The minimum absolute atomic E-state index is 0.487. The average Bonchev–Trinajstić information content (AvgIpc) is 3.79. The van der Waals surface area contributed by atoms with Gasteiger partial charge in [0, 0.05) is 17.0 Å². The van der Waals surface area contributed by atoms with Gasteiger partial charge in [-0.05, 0) is 258 Å². The molecule has 2 aromatic carbocycles. The van der Waals surface area contributed by atoms with Crippen LogP contribution in [0.15, 0.2) is 53.5 Å². The first-order valence-corrected chi connectivity index (χ1v) is 26.0. The van der Waals surface area contributed by atoms with Crippen LogP contribution in [-0.2, 0) is 0 Å². The predicted molar refractivity (Wildman–Crippen MR) is 218 cm³/mol. The molecule has 0 bridgehead atoms. The summed E-state index contributed by atoms with van der Waals surface area (Å²) in [6.45, 7) is 0. The standard InChI is InChI=1S/C56H58N2/c57-17-58-56-26-7-3-1-5-18(26)30(19-6-2-4-8-27(19)56)41-47-39-28-15-13-24-22-11-9-20-21-10-12-23-25-14-16-29-38-36(25)44-34(23)32(21)42-31(20)33(22)43-35(24)37(28)45-49(39)50(40(29)48(41)47)46(38)55-53(44)51(42)52(43)54(45)55/h1-8,20-25,28-55H,9-16H2. The molecule has 58 heavy (non-hydrogen) atoms. The van der Waals surface area contributed by atoms with Crippen molar-refractivity contribution in [1.29, 1.82) is 5.26 Å². The van der Waals surface area contributed by atoms with E-state index in [0.29, 0.717) is 5.92 Å². The number of benzene rings is 2. The molecule has 0 spiro atoms. The average molecular weight is 759 g/mol. The molecule has 0 radical (unpaired) electrons. The first kappa shape index (κ1) is 29.8. The number of hydrogen-bond donors (Lipinski definition) is 0. The largest absolute Gasteiger partial charge is 0.206 e. The zero-order valence-corrected chi connectivity index (χ0v) is 33.8. The number of hydrogen-bond acceptors (Lipinski definition) is 2. The third kappa shape index (κ3) is 2.56. The third-order valence-corrected chi connectivity index (χ3v) is 27.7. The lowest BCUT2D eigenvalue weighted by Crippen LogP contribution is -2.58. The number of fused-ring (bicyclic) bond motifs is 10. The summed E-state index contributed by atoms with van der Waals surface area (Å²) >= 11 is 0. The van der Waals surface area contributed by atoms with E-state index >= 15 is 0 Å². The van der Waals surface area contributed by atoms with Crippen LogP contribution in [0.4, 0.5) is 0 Å². The van der Waals surface area contributed by atoms with Crippen molar-refractivity contribution in [2.75, 3.05) is 0 Å². The van der Waals surface area contributed by atoms with Gasteiger partial charge in [0.2, 0.25) is 6.19 Å². The van der Waals surface area contributed by atoms with Crippen LogP contribution in [0.5, 0.6) is 0 Å². The van der Waals surface area contributed by atoms with Crippen molar-refractivity contribution in [3.05, 3.63) is 70.8 Å². The summed E-state index contributed by atoms with van der Waals surface area (Å²) in [6, 6.07) is 18.8. The fraction of sp³-hybridized carbons (Fsp3) is 0.750. The zero-order valence-electron chi connectivity index (χ0n) is 33.8. The van der Waals surface area contributed by atoms with Crippen molar-refractivity contribution in [2.45, 2.75) is 57.3 Å². The smallest absolute Gasteiger partial charge is 0.172 e. The molecule has 0 N–H and O–H groups in total. The van der Waals surface area contributed by atoms with E-state index in [-0.39, 0.29) is 0 Å². The second kappa shape index (κ2) is 8.92. The summed E-state index contributed by atoms with van der Waals surface area (Å²) in [5.41, 5.74) is 6.60. The first-order valence-electron chi connectivity index (χ1n) is 26.0. The second-order valence-corrected chi connectivity index (χ2v) is 26.3. The first-order chi connectivity index (χ1) is 28.8. The Bertz CT molecular complexity index is 2290. The van der Waals surface area contributed by atoms with Crippen molar-refractivity contribution in [3.63, 3.8) is 0 Å². The van der Waals surface area contributed by atoms with Crippen molar-refractivity contribution in [3.8, 4) is 6.19 Å². The van der Waals surface area contributed by atoms with E-state index < -0.39 is 0 Å². The van der Waals surface area contributed by atoms with Gasteiger partial charge in [0.15, 0.2) is 0 Å². The highest BCUT2D eigenvalue weighted by atomic mass is 15.0. The number of nitriles is 1. The Hall–Kier alpha value is -2.40. The molecular formula is C56H58N2. The van der Waals surface area contributed by atoms with Gasteiger partial charge in [0.05, 0.1) is 5.71 Å². The molecule has 0 saturated heterocycles. The van der Waals surface area contributed by atoms with E-state index in [9.17, 15) is 5.26 Å². The maximum Gasteiger partial charge on any atom is 0.206 e. The van der Waals surface area contributed by atoms with Crippen molar-refractivity contribution in [1.82, 2.24) is 0 Å². The molecule has 30 unspecified atom stereocenters. The maximum absolute atomic E-state index is 10.0. The molecule has 20 rings (SSSR count). The maximum atomic E-state index is 10.0. The van der Waals surface area contributed by atoms with Crippen LogP contribution in [0.1, 0.15) is 79.5 Å². The Balaban J connectivity index is 0.857. The molecule has 17 fully saturated rings. The summed E-state index contributed by atoms with van der Waals surface area (Å²) in [4.78, 5) is 4.61. The van der Waals surface area contributed by atoms with E-state index in [1.807, 2.05) is 0 Å². The van der Waals surface area contributed by atoms with E-state index in [0.717, 1.165) is 130 Å². The Morgan fingerprint density at radius 3 is 0.948 bits per heavy atom. The highest BCUT2D eigenvalue weighted by molar-refractivity contribution is 6.16. The summed E-state index contributed by atoms with van der Waals surface area (Å²) in [7, 11) is 0. The molecule has 2 heteroatoms. The Morgan fingerprint density at radius 2 is 0.586 bits per heavy atom. The zero-order chi connectivity index (χ0) is 36.2. The van der Waals surface area contributed by atoms with Gasteiger partial charge < -0.3 is 0 Å². The fourth-order valence-corrected chi connectivity index (χ4v) is 29.2. The van der Waals surface area contributed by atoms with E-state index in [4.69, 9.17) is 0 Å². The molecule has 0 amide bonds. The monoisotopic (exact) mass is 758 g/mol. The topological polar surface area (TPSA) is 36.1 Å². The Morgan fingerprint density at radius 1 is 0.328 bits per heavy atom. The van der Waals surface area contributed by atoms with Gasteiger partial charge in [-0.3, -0.25) is 0 Å². The van der Waals surface area contributed by atoms with Crippen molar-refractivity contribution in [2.24, 2.45) is 200 Å². The summed E-state index contributed by atoms with van der Waals surface area (Å²) in [5, 5.41) is 10.0. The second-order valence-electron chi connectivity index (χ2n) is 26.3. The van der Waals surface area contributed by atoms with Gasteiger partial charge in [0.1, 0.15) is 0 Å². The number of aliphatic imine (C=N–C) groups is 1. The molecule has 0 aromatic heterocycles. The van der Waals surface area contributed by atoms with Gasteiger partial charge in [-0.15, -0.1) is 0 Å². The van der Waals surface area contributed by atoms with Crippen LogP contribution < -0.4 is 0 Å². The van der Waals surface area contributed by atoms with Gasteiger partial charge in [-0.2, -0.15) is 10.3 Å². The SMILES string of the molecule is N#CN=C1c2ccccc2C(C2C3C4C5CCC6C7CCC8C9CCC%10C%11CCC%12C(C23)C2C4C3C5C6C4C7C8C5C9C%10C6C%11C%12C2C2C6C5C4C32)c2ccccc21. The third-order valence-electron chi connectivity index (χ3n) is 27.7. The lowest BCUT2D eigenvalue weighted by molar-refractivity contribution is -0.148. The molecule has 17 saturated carbocycles. The van der Waals surface area contributed by atoms with Crippen molar-refractivity contribution < 1.29 is 0 Å². The molecule has 18 aliphatic rings. The van der Waals surface area contributed by atoms with E-state index in [2.05, 4.69) is 59.7 Å².